The summed E-state index contributed by atoms with van der Waals surface area (Å²) in [6.45, 7) is 1.10. The van der Waals surface area contributed by atoms with Gasteiger partial charge in [-0.3, -0.25) is 0 Å². The molecule has 6 heteroatoms. The summed E-state index contributed by atoms with van der Waals surface area (Å²) in [6, 6.07) is 2.37. The molecule has 2 amide bonds. The molecule has 1 unspecified atom stereocenters. The van der Waals surface area contributed by atoms with Gasteiger partial charge in [0.25, 0.3) is 0 Å². The fraction of sp³-hybridized carbons (Fsp3) is 0.400. The van der Waals surface area contributed by atoms with Crippen molar-refractivity contribution in [1.82, 2.24) is 10.2 Å². The van der Waals surface area contributed by atoms with Crippen LogP contribution in [0.1, 0.15) is 17.3 Å². The maximum Gasteiger partial charge on any atom is 0.332 e. The van der Waals surface area contributed by atoms with Crippen LogP contribution in [-0.4, -0.2) is 35.1 Å². The monoisotopic (exact) mass is 240 g/mol. The van der Waals surface area contributed by atoms with Gasteiger partial charge in [0.2, 0.25) is 0 Å². The van der Waals surface area contributed by atoms with E-state index >= 15 is 0 Å². The summed E-state index contributed by atoms with van der Waals surface area (Å²) in [7, 11) is 0. The van der Waals surface area contributed by atoms with E-state index in [4.69, 9.17) is 0 Å². The molecule has 86 valence electrons. The molecule has 1 atom stereocenters. The van der Waals surface area contributed by atoms with Crippen molar-refractivity contribution in [2.24, 2.45) is 0 Å². The van der Waals surface area contributed by atoms with Crippen molar-refractivity contribution in [2.45, 2.75) is 12.5 Å². The van der Waals surface area contributed by atoms with Gasteiger partial charge in [-0.25, -0.2) is 9.59 Å². The molecular formula is C10H12N2O3S. The molecule has 0 aliphatic carbocycles. The molecule has 1 saturated heterocycles. The van der Waals surface area contributed by atoms with Gasteiger partial charge in [0.05, 0.1) is 0 Å². The van der Waals surface area contributed by atoms with Gasteiger partial charge in [-0.15, -0.1) is 11.3 Å². The van der Waals surface area contributed by atoms with E-state index in [1.54, 1.807) is 12.1 Å². The number of thiophene rings is 1. The summed E-state index contributed by atoms with van der Waals surface area (Å²) in [4.78, 5) is 24.9. The predicted octanol–water partition coefficient (Wildman–Crippen LogP) is 1.29. The van der Waals surface area contributed by atoms with E-state index in [0.717, 1.165) is 6.42 Å². The van der Waals surface area contributed by atoms with Crippen LogP contribution in [0.4, 0.5) is 4.79 Å². The van der Waals surface area contributed by atoms with E-state index < -0.39 is 12.0 Å². The van der Waals surface area contributed by atoms with Gasteiger partial charge in [0.1, 0.15) is 0 Å². The second-order valence-electron chi connectivity index (χ2n) is 3.54. The van der Waals surface area contributed by atoms with Crippen LogP contribution < -0.4 is 5.32 Å². The molecule has 1 aliphatic rings. The summed E-state index contributed by atoms with van der Waals surface area (Å²) in [5.41, 5.74) is 0. The molecule has 0 radical (unpaired) electrons. The molecule has 2 N–H and O–H groups in total. The minimum atomic E-state index is -0.987. The van der Waals surface area contributed by atoms with Crippen LogP contribution in [-0.2, 0) is 4.79 Å². The highest BCUT2D eigenvalue weighted by Crippen LogP contribution is 2.26. The van der Waals surface area contributed by atoms with Crippen molar-refractivity contribution in [1.29, 1.82) is 0 Å². The fourth-order valence-corrected chi connectivity index (χ4v) is 2.58. The first kappa shape index (κ1) is 10.9. The van der Waals surface area contributed by atoms with E-state index in [0.29, 0.717) is 18.0 Å². The number of carboxylic acid groups (broad SMARTS) is 1. The number of nitrogens with zero attached hydrogens (tertiary/aromatic N) is 1. The Labute approximate surface area is 96.7 Å². The number of nitrogens with one attached hydrogen (secondary N) is 1. The van der Waals surface area contributed by atoms with Crippen molar-refractivity contribution in [3.8, 4) is 0 Å². The molecule has 2 heterocycles. The molecule has 5 nitrogen and oxygen atoms in total. The van der Waals surface area contributed by atoms with Gasteiger partial charge in [0, 0.05) is 18.0 Å². The number of hydrogen-bond donors (Lipinski definition) is 2. The lowest BCUT2D eigenvalue weighted by Crippen LogP contribution is -2.49. The zero-order valence-electron chi connectivity index (χ0n) is 8.55. The smallest absolute Gasteiger partial charge is 0.332 e. The highest BCUT2D eigenvalue weighted by molar-refractivity contribution is 7.10. The lowest BCUT2D eigenvalue weighted by Gasteiger charge is -2.31. The van der Waals surface area contributed by atoms with E-state index in [1.807, 2.05) is 5.38 Å². The predicted molar refractivity (Wildman–Crippen MR) is 59.4 cm³/mol. The summed E-state index contributed by atoms with van der Waals surface area (Å²) in [6.07, 6.45) is 0.779. The number of carboxylic acids is 1. The van der Waals surface area contributed by atoms with Crippen LogP contribution in [0.15, 0.2) is 17.5 Å². The van der Waals surface area contributed by atoms with E-state index in [2.05, 4.69) is 5.32 Å². The molecule has 0 spiro atoms. The van der Waals surface area contributed by atoms with Crippen LogP contribution >= 0.6 is 11.3 Å². The second-order valence-corrected chi connectivity index (χ2v) is 4.51. The first-order valence-electron chi connectivity index (χ1n) is 5.01. The molecule has 0 saturated carbocycles. The molecule has 1 aromatic heterocycles. The van der Waals surface area contributed by atoms with Crippen molar-refractivity contribution in [3.63, 3.8) is 0 Å². The van der Waals surface area contributed by atoms with Crippen LogP contribution in [0.2, 0.25) is 0 Å². The number of hydrogen-bond acceptors (Lipinski definition) is 3. The molecule has 0 bridgehead atoms. The van der Waals surface area contributed by atoms with Crippen LogP contribution in [0.25, 0.3) is 0 Å². The Balaban J connectivity index is 2.25. The number of amides is 2. The van der Waals surface area contributed by atoms with Gasteiger partial charge in [-0.05, 0) is 17.9 Å². The molecule has 2 rings (SSSR count). The molecular weight excluding hydrogens is 228 g/mol. The number of rotatable bonds is 3. The summed E-state index contributed by atoms with van der Waals surface area (Å²) in [5, 5.41) is 13.7. The van der Waals surface area contributed by atoms with Crippen molar-refractivity contribution in [3.05, 3.63) is 22.4 Å². The maximum atomic E-state index is 11.6. The zero-order chi connectivity index (χ0) is 11.5. The first-order chi connectivity index (χ1) is 7.70. The average molecular weight is 240 g/mol. The SMILES string of the molecule is O=C(O)C(c1cccs1)N1CCCNC1=O. The third-order valence-corrected chi connectivity index (χ3v) is 3.40. The fourth-order valence-electron chi connectivity index (χ4n) is 1.75. The quantitative estimate of drug-likeness (QED) is 0.836. The minimum Gasteiger partial charge on any atom is -0.479 e. The maximum absolute atomic E-state index is 11.6. The Bertz CT molecular complexity index is 391. The number of urea groups is 1. The zero-order valence-corrected chi connectivity index (χ0v) is 9.37. The number of carbonyl (C=O) groups excluding carboxylic acids is 1. The van der Waals surface area contributed by atoms with Crippen LogP contribution in [0.3, 0.4) is 0 Å². The lowest BCUT2D eigenvalue weighted by atomic mass is 10.2. The van der Waals surface area contributed by atoms with Gasteiger partial charge in [-0.1, -0.05) is 6.07 Å². The second kappa shape index (κ2) is 4.52. The lowest BCUT2D eigenvalue weighted by molar-refractivity contribution is -0.142. The van der Waals surface area contributed by atoms with Gasteiger partial charge >= 0.3 is 12.0 Å². The van der Waals surface area contributed by atoms with Crippen LogP contribution in [0.5, 0.6) is 0 Å². The molecule has 1 fully saturated rings. The number of carbonyl (C=O) groups is 2. The molecule has 0 aromatic carbocycles. The first-order valence-corrected chi connectivity index (χ1v) is 5.89. The Kier molecular flexibility index (Phi) is 3.09. The van der Waals surface area contributed by atoms with Crippen molar-refractivity contribution >= 4 is 23.3 Å². The highest BCUT2D eigenvalue weighted by Gasteiger charge is 2.33. The topological polar surface area (TPSA) is 69.6 Å². The van der Waals surface area contributed by atoms with Crippen molar-refractivity contribution < 1.29 is 14.7 Å². The average Bonchev–Trinajstić information content (AvgIpc) is 2.74. The van der Waals surface area contributed by atoms with E-state index in [1.165, 1.54) is 16.2 Å². The third-order valence-electron chi connectivity index (χ3n) is 2.47. The number of aliphatic carboxylic acids is 1. The summed E-state index contributed by atoms with van der Waals surface area (Å²) < 4.78 is 0. The van der Waals surface area contributed by atoms with E-state index in [-0.39, 0.29) is 6.03 Å². The normalized spacial score (nSPS) is 18.0. The summed E-state index contributed by atoms with van der Waals surface area (Å²) in [5.74, 6) is -0.987. The van der Waals surface area contributed by atoms with Gasteiger partial charge in [-0.2, -0.15) is 0 Å². The standard InChI is InChI=1S/C10H12N2O3S/c13-9(14)8(7-3-1-6-16-7)12-5-2-4-11-10(12)15/h1,3,6,8H,2,4-5H2,(H,11,15)(H,13,14). The minimum absolute atomic E-state index is 0.299. The van der Waals surface area contributed by atoms with Crippen molar-refractivity contribution in [2.75, 3.05) is 13.1 Å². The largest absolute Gasteiger partial charge is 0.479 e. The van der Waals surface area contributed by atoms with E-state index in [9.17, 15) is 14.7 Å². The Hall–Kier alpha value is -1.56. The Morgan fingerprint density at radius 1 is 1.62 bits per heavy atom. The Morgan fingerprint density at radius 3 is 3.00 bits per heavy atom. The van der Waals surface area contributed by atoms with Gasteiger partial charge in [0.15, 0.2) is 6.04 Å². The van der Waals surface area contributed by atoms with Crippen LogP contribution in [0, 0.1) is 0 Å². The molecule has 16 heavy (non-hydrogen) atoms. The molecule has 1 aromatic rings. The third kappa shape index (κ3) is 2.01. The summed E-state index contributed by atoms with van der Waals surface area (Å²) >= 11 is 1.35. The highest BCUT2D eigenvalue weighted by atomic mass is 32.1. The Morgan fingerprint density at radius 2 is 2.44 bits per heavy atom. The van der Waals surface area contributed by atoms with Gasteiger partial charge < -0.3 is 15.3 Å². The molecule has 1 aliphatic heterocycles.